The highest BCUT2D eigenvalue weighted by Gasteiger charge is 2.38. The fourth-order valence-electron chi connectivity index (χ4n) is 3.12. The number of nitrogens with two attached hydrogens (primary N) is 1. The van der Waals surface area contributed by atoms with E-state index < -0.39 is 0 Å². The van der Waals surface area contributed by atoms with Gasteiger partial charge in [-0.1, -0.05) is 42.3 Å². The Morgan fingerprint density at radius 3 is 2.21 bits per heavy atom. The van der Waals surface area contributed by atoms with Crippen molar-refractivity contribution in [1.82, 2.24) is 5.32 Å². The van der Waals surface area contributed by atoms with Crippen molar-refractivity contribution in [1.29, 1.82) is 0 Å². The van der Waals surface area contributed by atoms with Crippen LogP contribution >= 0.6 is 24.0 Å². The molecule has 0 radical (unpaired) electrons. The van der Waals surface area contributed by atoms with Crippen molar-refractivity contribution in [2.75, 3.05) is 6.54 Å². The molecule has 2 aromatic carbocycles. The van der Waals surface area contributed by atoms with E-state index in [-0.39, 0.29) is 23.7 Å². The van der Waals surface area contributed by atoms with Crippen LogP contribution in [0.1, 0.15) is 40.7 Å². The van der Waals surface area contributed by atoms with Crippen LogP contribution < -0.4 is 11.1 Å². The Hall–Kier alpha value is -1.55. The predicted molar refractivity (Wildman–Crippen MR) is 101 cm³/mol. The standard InChI is InChI=1S/C19H21ClN2O.ClH/c20-17-8-6-16(7-9-17)19(10-1-11-19)13-22-18(23)15-4-2-14(12-21)3-5-15;/h2-9H,1,10-13,21H2,(H,22,23);1H. The summed E-state index contributed by atoms with van der Waals surface area (Å²) in [6.07, 6.45) is 3.39. The van der Waals surface area contributed by atoms with E-state index in [2.05, 4.69) is 17.4 Å². The molecule has 0 unspecified atom stereocenters. The Bertz CT molecular complexity index is 680. The van der Waals surface area contributed by atoms with Crippen LogP contribution in [0.5, 0.6) is 0 Å². The van der Waals surface area contributed by atoms with Crippen molar-refractivity contribution in [2.45, 2.75) is 31.2 Å². The molecule has 1 fully saturated rings. The zero-order valence-corrected chi connectivity index (χ0v) is 15.0. The van der Waals surface area contributed by atoms with Gasteiger partial charge in [0.15, 0.2) is 0 Å². The van der Waals surface area contributed by atoms with Crippen LogP contribution in [0.25, 0.3) is 0 Å². The van der Waals surface area contributed by atoms with Crippen LogP contribution in [-0.4, -0.2) is 12.5 Å². The van der Waals surface area contributed by atoms with Gasteiger partial charge in [-0.3, -0.25) is 4.79 Å². The van der Waals surface area contributed by atoms with Gasteiger partial charge in [0.1, 0.15) is 0 Å². The summed E-state index contributed by atoms with van der Waals surface area (Å²) in [5, 5.41) is 3.83. The number of hydrogen-bond donors (Lipinski definition) is 2. The van der Waals surface area contributed by atoms with Gasteiger partial charge < -0.3 is 11.1 Å². The summed E-state index contributed by atoms with van der Waals surface area (Å²) in [4.78, 5) is 12.4. The second-order valence-electron chi connectivity index (χ2n) is 6.22. The van der Waals surface area contributed by atoms with Crippen LogP contribution in [0.2, 0.25) is 5.02 Å². The van der Waals surface area contributed by atoms with Crippen LogP contribution in [0.3, 0.4) is 0 Å². The number of amides is 1. The summed E-state index contributed by atoms with van der Waals surface area (Å²) in [6.45, 7) is 1.15. The summed E-state index contributed by atoms with van der Waals surface area (Å²) in [6, 6.07) is 15.4. The summed E-state index contributed by atoms with van der Waals surface area (Å²) in [7, 11) is 0. The first-order chi connectivity index (χ1) is 11.1. The van der Waals surface area contributed by atoms with Crippen molar-refractivity contribution in [3.63, 3.8) is 0 Å². The molecule has 0 heterocycles. The maximum Gasteiger partial charge on any atom is 0.251 e. The molecule has 0 spiro atoms. The third-order valence-corrected chi connectivity index (χ3v) is 5.06. The van der Waals surface area contributed by atoms with Gasteiger partial charge in [0.05, 0.1) is 0 Å². The third kappa shape index (κ3) is 3.92. The fraction of sp³-hybridized carbons (Fsp3) is 0.316. The minimum Gasteiger partial charge on any atom is -0.351 e. The fourth-order valence-corrected chi connectivity index (χ4v) is 3.24. The van der Waals surface area contributed by atoms with Crippen LogP contribution in [0.15, 0.2) is 48.5 Å². The maximum atomic E-state index is 12.4. The van der Waals surface area contributed by atoms with Crippen molar-refractivity contribution >= 4 is 29.9 Å². The van der Waals surface area contributed by atoms with Gasteiger partial charge >= 0.3 is 0 Å². The average Bonchev–Trinajstić information content (AvgIpc) is 2.55. The molecule has 1 saturated carbocycles. The summed E-state index contributed by atoms with van der Waals surface area (Å²) in [5.41, 5.74) is 8.59. The van der Waals surface area contributed by atoms with Crippen molar-refractivity contribution in [3.8, 4) is 0 Å². The van der Waals surface area contributed by atoms with E-state index in [0.717, 1.165) is 23.4 Å². The van der Waals surface area contributed by atoms with Crippen LogP contribution in [0, 0.1) is 0 Å². The molecule has 1 aliphatic carbocycles. The molecule has 3 N–H and O–H groups in total. The number of hydrogen-bond acceptors (Lipinski definition) is 2. The third-order valence-electron chi connectivity index (χ3n) is 4.81. The number of benzene rings is 2. The Balaban J connectivity index is 0.00000208. The zero-order chi connectivity index (χ0) is 16.3. The first-order valence-corrected chi connectivity index (χ1v) is 8.34. The van der Waals surface area contributed by atoms with E-state index in [1.165, 1.54) is 12.0 Å². The highest BCUT2D eigenvalue weighted by molar-refractivity contribution is 6.30. The minimum absolute atomic E-state index is 0. The largest absolute Gasteiger partial charge is 0.351 e. The van der Waals surface area contributed by atoms with Crippen molar-refractivity contribution < 1.29 is 4.79 Å². The lowest BCUT2D eigenvalue weighted by Gasteiger charge is -2.42. The molecule has 24 heavy (non-hydrogen) atoms. The normalized spacial score (nSPS) is 15.1. The van der Waals surface area contributed by atoms with E-state index in [1.807, 2.05) is 36.4 Å². The lowest BCUT2D eigenvalue weighted by Crippen LogP contribution is -2.45. The smallest absolute Gasteiger partial charge is 0.251 e. The van der Waals surface area contributed by atoms with Gasteiger partial charge in [0.2, 0.25) is 0 Å². The van der Waals surface area contributed by atoms with Gasteiger partial charge in [-0.05, 0) is 48.2 Å². The van der Waals surface area contributed by atoms with Gasteiger partial charge in [0.25, 0.3) is 5.91 Å². The monoisotopic (exact) mass is 364 g/mol. The van der Waals surface area contributed by atoms with Crippen LogP contribution in [-0.2, 0) is 12.0 Å². The highest BCUT2D eigenvalue weighted by Crippen LogP contribution is 2.43. The Morgan fingerprint density at radius 2 is 1.71 bits per heavy atom. The Labute approximate surface area is 154 Å². The summed E-state index contributed by atoms with van der Waals surface area (Å²) < 4.78 is 0. The molecule has 0 saturated heterocycles. The average molecular weight is 365 g/mol. The van der Waals surface area contributed by atoms with E-state index in [1.54, 1.807) is 0 Å². The first-order valence-electron chi connectivity index (χ1n) is 7.96. The molecule has 128 valence electrons. The summed E-state index contributed by atoms with van der Waals surface area (Å²) >= 11 is 5.98. The van der Waals surface area contributed by atoms with Crippen LogP contribution in [0.4, 0.5) is 0 Å². The predicted octanol–water partition coefficient (Wildman–Crippen LogP) is 4.07. The first kappa shape index (κ1) is 18.8. The molecular formula is C19H22Cl2N2O. The molecule has 1 aliphatic rings. The maximum absolute atomic E-state index is 12.4. The second kappa shape index (κ2) is 8.02. The highest BCUT2D eigenvalue weighted by atomic mass is 35.5. The van der Waals surface area contributed by atoms with E-state index in [4.69, 9.17) is 17.3 Å². The number of rotatable bonds is 5. The molecule has 1 amide bonds. The Morgan fingerprint density at radius 1 is 1.08 bits per heavy atom. The number of halogens is 2. The molecule has 2 aromatic rings. The quantitative estimate of drug-likeness (QED) is 0.839. The van der Waals surface area contributed by atoms with E-state index in [0.29, 0.717) is 18.7 Å². The molecule has 5 heteroatoms. The molecular weight excluding hydrogens is 343 g/mol. The lowest BCUT2D eigenvalue weighted by molar-refractivity contribution is 0.0928. The van der Waals surface area contributed by atoms with E-state index >= 15 is 0 Å². The number of carbonyl (C=O) groups is 1. The van der Waals surface area contributed by atoms with Gasteiger partial charge in [-0.25, -0.2) is 0 Å². The van der Waals surface area contributed by atoms with E-state index in [9.17, 15) is 4.79 Å². The molecule has 3 rings (SSSR count). The topological polar surface area (TPSA) is 55.1 Å². The summed E-state index contributed by atoms with van der Waals surface area (Å²) in [5.74, 6) is -0.0335. The number of nitrogens with one attached hydrogen (secondary N) is 1. The SMILES string of the molecule is Cl.NCc1ccc(C(=O)NCC2(c3ccc(Cl)cc3)CCC2)cc1. The lowest BCUT2D eigenvalue weighted by atomic mass is 9.64. The zero-order valence-electron chi connectivity index (χ0n) is 13.4. The van der Waals surface area contributed by atoms with Crippen molar-refractivity contribution in [3.05, 3.63) is 70.2 Å². The molecule has 3 nitrogen and oxygen atoms in total. The van der Waals surface area contributed by atoms with Gasteiger partial charge in [-0.15, -0.1) is 12.4 Å². The molecule has 0 aliphatic heterocycles. The Kier molecular flexibility index (Phi) is 6.27. The minimum atomic E-state index is -0.0335. The molecule has 0 aromatic heterocycles. The molecule has 0 atom stereocenters. The number of carbonyl (C=O) groups excluding carboxylic acids is 1. The molecule has 0 bridgehead atoms. The second-order valence-corrected chi connectivity index (χ2v) is 6.66. The van der Waals surface area contributed by atoms with Crippen molar-refractivity contribution in [2.24, 2.45) is 5.73 Å². The van der Waals surface area contributed by atoms with Gasteiger partial charge in [-0.2, -0.15) is 0 Å². The van der Waals surface area contributed by atoms with Gasteiger partial charge in [0, 0.05) is 29.1 Å².